The number of carbonyl (C=O) groups is 3. The molecule has 8 nitrogen and oxygen atoms in total. The van der Waals surface area contributed by atoms with Crippen molar-refractivity contribution in [3.8, 4) is 5.75 Å². The molecule has 208 valence electrons. The predicted octanol–water partition coefficient (Wildman–Crippen LogP) is 4.49. The second-order valence-electron chi connectivity index (χ2n) is 10.9. The Morgan fingerprint density at radius 3 is 2.54 bits per heavy atom. The van der Waals surface area contributed by atoms with E-state index in [-0.39, 0.29) is 24.3 Å². The number of para-hydroxylation sites is 1. The van der Waals surface area contributed by atoms with Crippen molar-refractivity contribution >= 4 is 52.5 Å². The van der Waals surface area contributed by atoms with Crippen molar-refractivity contribution in [3.05, 3.63) is 53.1 Å². The maximum Gasteiger partial charge on any atom is 0.248 e. The van der Waals surface area contributed by atoms with E-state index < -0.39 is 33.4 Å². The van der Waals surface area contributed by atoms with E-state index in [0.29, 0.717) is 41.6 Å². The molecule has 1 spiro atoms. The summed E-state index contributed by atoms with van der Waals surface area (Å²) in [6.45, 7) is 7.76. The molecule has 5 rings (SSSR count). The summed E-state index contributed by atoms with van der Waals surface area (Å²) in [6, 6.07) is 11.1. The number of aliphatic hydroxyl groups excluding tert-OH is 1. The van der Waals surface area contributed by atoms with Crippen LogP contribution in [0.1, 0.15) is 39.2 Å². The number of thioether (sulfide) groups is 1. The SMILES string of the molecule is CCOc1ccc(NC(=O)[C@H]2[C@H]3C(=O)N([C@H](C)CO)C(C(=O)Nc4c(C)cccc4Cl)C34CC[C@]2(C)S4)cc1. The van der Waals surface area contributed by atoms with Crippen molar-refractivity contribution in [2.45, 2.75) is 62.1 Å². The van der Waals surface area contributed by atoms with Gasteiger partial charge >= 0.3 is 0 Å². The highest BCUT2D eigenvalue weighted by Crippen LogP contribution is 2.71. The summed E-state index contributed by atoms with van der Waals surface area (Å²) in [7, 11) is 0. The van der Waals surface area contributed by atoms with Crippen LogP contribution < -0.4 is 15.4 Å². The molecule has 3 N–H and O–H groups in total. The molecule has 3 fully saturated rings. The van der Waals surface area contributed by atoms with Crippen LogP contribution in [0.3, 0.4) is 0 Å². The van der Waals surface area contributed by atoms with Crippen LogP contribution in [0.5, 0.6) is 5.75 Å². The van der Waals surface area contributed by atoms with Crippen LogP contribution in [-0.2, 0) is 14.4 Å². The fraction of sp³-hybridized carbons (Fsp3) is 0.483. The first-order chi connectivity index (χ1) is 18.6. The van der Waals surface area contributed by atoms with Gasteiger partial charge in [-0.05, 0) is 76.4 Å². The maximum atomic E-state index is 14.1. The number of fused-ring (bicyclic) bond motifs is 1. The molecule has 2 aromatic rings. The van der Waals surface area contributed by atoms with Crippen molar-refractivity contribution in [1.29, 1.82) is 0 Å². The minimum absolute atomic E-state index is 0.242. The van der Waals surface area contributed by atoms with Gasteiger partial charge in [0.25, 0.3) is 0 Å². The monoisotopic (exact) mass is 571 g/mol. The summed E-state index contributed by atoms with van der Waals surface area (Å²) < 4.78 is 4.19. The van der Waals surface area contributed by atoms with Crippen molar-refractivity contribution in [2.75, 3.05) is 23.8 Å². The van der Waals surface area contributed by atoms with E-state index in [2.05, 4.69) is 10.6 Å². The lowest BCUT2D eigenvalue weighted by molar-refractivity contribution is -0.141. The van der Waals surface area contributed by atoms with E-state index in [1.54, 1.807) is 49.0 Å². The van der Waals surface area contributed by atoms with Gasteiger partial charge in [-0.25, -0.2) is 0 Å². The Morgan fingerprint density at radius 1 is 1.18 bits per heavy atom. The van der Waals surface area contributed by atoms with Crippen LogP contribution in [0.2, 0.25) is 5.02 Å². The third kappa shape index (κ3) is 4.48. The second kappa shape index (κ2) is 10.3. The zero-order valence-corrected chi connectivity index (χ0v) is 24.1. The third-order valence-corrected chi connectivity index (χ3v) is 10.7. The van der Waals surface area contributed by atoms with Crippen molar-refractivity contribution in [3.63, 3.8) is 0 Å². The quantitative estimate of drug-likeness (QED) is 0.431. The Kier molecular flexibility index (Phi) is 7.37. The van der Waals surface area contributed by atoms with Gasteiger partial charge in [0.05, 0.1) is 46.5 Å². The number of aliphatic hydroxyl groups is 1. The average molecular weight is 572 g/mol. The Bertz CT molecular complexity index is 1290. The summed E-state index contributed by atoms with van der Waals surface area (Å²) in [4.78, 5) is 43.4. The number of halogens is 1. The van der Waals surface area contributed by atoms with Crippen LogP contribution in [-0.4, -0.2) is 62.5 Å². The first-order valence-corrected chi connectivity index (χ1v) is 14.5. The Morgan fingerprint density at radius 2 is 1.90 bits per heavy atom. The molecule has 6 atom stereocenters. The van der Waals surface area contributed by atoms with Gasteiger partial charge < -0.3 is 25.4 Å². The molecule has 2 aromatic carbocycles. The molecule has 2 unspecified atom stereocenters. The zero-order chi connectivity index (χ0) is 28.1. The molecule has 3 aliphatic heterocycles. The molecule has 0 saturated carbocycles. The largest absolute Gasteiger partial charge is 0.494 e. The minimum Gasteiger partial charge on any atom is -0.494 e. The van der Waals surface area contributed by atoms with Crippen LogP contribution in [0, 0.1) is 18.8 Å². The number of nitrogens with one attached hydrogen (secondary N) is 2. The highest BCUT2D eigenvalue weighted by Gasteiger charge is 2.77. The predicted molar refractivity (Wildman–Crippen MR) is 153 cm³/mol. The van der Waals surface area contributed by atoms with Crippen LogP contribution in [0.15, 0.2) is 42.5 Å². The number of hydrogen-bond donors (Lipinski definition) is 3. The fourth-order valence-corrected chi connectivity index (χ4v) is 9.24. The highest BCUT2D eigenvalue weighted by atomic mass is 35.5. The molecule has 0 aromatic heterocycles. The van der Waals surface area contributed by atoms with Crippen molar-refractivity contribution in [1.82, 2.24) is 4.90 Å². The zero-order valence-electron chi connectivity index (χ0n) is 22.5. The molecular formula is C29H34ClN3O5S. The van der Waals surface area contributed by atoms with Gasteiger partial charge in [-0.3, -0.25) is 14.4 Å². The number of rotatable bonds is 8. The average Bonchev–Trinajstić information content (AvgIpc) is 3.47. The number of aryl methyl sites for hydroxylation is 1. The fourth-order valence-electron chi connectivity index (χ4n) is 6.63. The first kappa shape index (κ1) is 27.8. The Hall–Kier alpha value is -2.75. The van der Waals surface area contributed by atoms with Gasteiger partial charge in [-0.15, -0.1) is 11.8 Å². The number of anilines is 2. The van der Waals surface area contributed by atoms with E-state index in [1.807, 2.05) is 32.9 Å². The smallest absolute Gasteiger partial charge is 0.248 e. The third-order valence-electron chi connectivity index (χ3n) is 8.39. The molecule has 0 aliphatic carbocycles. The number of likely N-dealkylation sites (tertiary alicyclic amines) is 1. The lowest BCUT2D eigenvalue weighted by atomic mass is 9.66. The molecule has 3 aliphatic rings. The number of nitrogens with zero attached hydrogens (tertiary/aromatic N) is 1. The minimum atomic E-state index is -0.858. The van der Waals surface area contributed by atoms with E-state index in [0.717, 1.165) is 5.56 Å². The topological polar surface area (TPSA) is 108 Å². The molecule has 10 heteroatoms. The van der Waals surface area contributed by atoms with Gasteiger partial charge in [0.1, 0.15) is 11.8 Å². The first-order valence-electron chi connectivity index (χ1n) is 13.3. The Balaban J connectivity index is 1.49. The van der Waals surface area contributed by atoms with Gasteiger partial charge in [0, 0.05) is 10.4 Å². The number of hydrogen-bond acceptors (Lipinski definition) is 6. The Labute approximate surface area is 237 Å². The molecule has 3 heterocycles. The van der Waals surface area contributed by atoms with Crippen LogP contribution in [0.25, 0.3) is 0 Å². The normalized spacial score (nSPS) is 29.7. The van der Waals surface area contributed by atoms with E-state index >= 15 is 0 Å². The molecule has 0 radical (unpaired) electrons. The highest BCUT2D eigenvalue weighted by molar-refractivity contribution is 8.02. The summed E-state index contributed by atoms with van der Waals surface area (Å²) in [5.41, 5.74) is 1.92. The van der Waals surface area contributed by atoms with Crippen molar-refractivity contribution < 1.29 is 24.2 Å². The molecule has 2 bridgehead atoms. The van der Waals surface area contributed by atoms with Crippen LogP contribution >= 0.6 is 23.4 Å². The van der Waals surface area contributed by atoms with Crippen LogP contribution in [0.4, 0.5) is 11.4 Å². The number of amides is 3. The molecular weight excluding hydrogens is 538 g/mol. The summed E-state index contributed by atoms with van der Waals surface area (Å²) in [5.74, 6) is -1.49. The van der Waals surface area contributed by atoms with Gasteiger partial charge in [-0.1, -0.05) is 23.7 Å². The summed E-state index contributed by atoms with van der Waals surface area (Å²) in [6.07, 6.45) is 1.31. The number of ether oxygens (including phenoxy) is 1. The van der Waals surface area contributed by atoms with Crippen molar-refractivity contribution in [2.24, 2.45) is 11.8 Å². The van der Waals surface area contributed by atoms with Gasteiger partial charge in [0.15, 0.2) is 0 Å². The lowest BCUT2D eigenvalue weighted by Gasteiger charge is -2.36. The lowest BCUT2D eigenvalue weighted by Crippen LogP contribution is -2.54. The van der Waals surface area contributed by atoms with E-state index in [1.165, 1.54) is 4.90 Å². The van der Waals surface area contributed by atoms with Gasteiger partial charge in [0.2, 0.25) is 17.7 Å². The maximum absolute atomic E-state index is 14.1. The number of carbonyl (C=O) groups excluding carboxylic acids is 3. The summed E-state index contributed by atoms with van der Waals surface area (Å²) >= 11 is 7.99. The molecule has 3 saturated heterocycles. The number of benzene rings is 2. The second-order valence-corrected chi connectivity index (χ2v) is 13.2. The molecule has 3 amide bonds. The summed E-state index contributed by atoms with van der Waals surface area (Å²) in [5, 5.41) is 16.5. The molecule has 39 heavy (non-hydrogen) atoms. The standard InChI is InChI=1S/C29H34ClN3O5S/c1-5-38-19-11-9-18(10-12-19)31-25(35)21-22-27(37)33(17(3)15-34)24(29(22)14-13-28(21,4)39-29)26(36)32-23-16(2)7-6-8-20(23)30/h6-12,17,21-22,24,34H,5,13-15H2,1-4H3,(H,31,35)(H,32,36)/t17-,21-,22+,24?,28+,29?/m1/s1. The van der Waals surface area contributed by atoms with E-state index in [9.17, 15) is 19.5 Å². The van der Waals surface area contributed by atoms with Gasteiger partial charge in [-0.2, -0.15) is 0 Å². The van der Waals surface area contributed by atoms with E-state index in [4.69, 9.17) is 16.3 Å².